The van der Waals surface area contributed by atoms with Crippen molar-refractivity contribution in [2.45, 2.75) is 43.5 Å². The molecule has 0 spiro atoms. The second-order valence-electron chi connectivity index (χ2n) is 4.60. The van der Waals surface area contributed by atoms with Crippen LogP contribution < -0.4 is 5.48 Å². The van der Waals surface area contributed by atoms with E-state index in [0.717, 1.165) is 0 Å². The van der Waals surface area contributed by atoms with Gasteiger partial charge in [0, 0.05) is 13.5 Å². The normalized spacial score (nSPS) is 41.5. The molecule has 5 atom stereocenters. The van der Waals surface area contributed by atoms with Crippen LogP contribution >= 0.6 is 0 Å². The zero-order chi connectivity index (χ0) is 14.0. The van der Waals surface area contributed by atoms with E-state index in [-0.39, 0.29) is 12.0 Å². The Morgan fingerprint density at radius 3 is 2.95 bits per heavy atom. The minimum Gasteiger partial charge on any atom is -0.388 e. The molecule has 7 nitrogen and oxygen atoms in total. The Hall–Kier alpha value is -1.01. The SMILES string of the molecule is CCONC12CC(OC)OC(C(O)C=C1C#N)C2O. The van der Waals surface area contributed by atoms with E-state index in [9.17, 15) is 15.5 Å². The third-order valence-corrected chi connectivity index (χ3v) is 3.55. The lowest BCUT2D eigenvalue weighted by atomic mass is 9.72. The predicted octanol–water partition coefficient (Wildman–Crippen LogP) is -0.787. The summed E-state index contributed by atoms with van der Waals surface area (Å²) < 4.78 is 10.6. The summed E-state index contributed by atoms with van der Waals surface area (Å²) in [6.45, 7) is 2.16. The van der Waals surface area contributed by atoms with Gasteiger partial charge in [0.15, 0.2) is 6.29 Å². The van der Waals surface area contributed by atoms with Crippen molar-refractivity contribution in [2.75, 3.05) is 13.7 Å². The number of hydrogen-bond acceptors (Lipinski definition) is 7. The molecule has 1 aliphatic heterocycles. The second kappa shape index (κ2) is 5.54. The van der Waals surface area contributed by atoms with E-state index in [4.69, 9.17) is 14.3 Å². The first-order valence-electron chi connectivity index (χ1n) is 6.14. The standard InChI is InChI=1S/C12H18N2O5/c1-3-18-14-12-5-9(17-2)19-10(11(12)16)8(15)4-7(12)6-13/h4,8-11,14-16H,3,5H2,1-2H3. The molecule has 0 radical (unpaired) electrons. The average molecular weight is 270 g/mol. The van der Waals surface area contributed by atoms with Crippen LogP contribution in [0, 0.1) is 11.3 Å². The van der Waals surface area contributed by atoms with Crippen molar-refractivity contribution in [1.82, 2.24) is 5.48 Å². The Kier molecular flexibility index (Phi) is 4.20. The molecule has 1 heterocycles. The van der Waals surface area contributed by atoms with Gasteiger partial charge in [0.25, 0.3) is 0 Å². The number of rotatable bonds is 4. The minimum absolute atomic E-state index is 0.216. The Morgan fingerprint density at radius 1 is 1.63 bits per heavy atom. The highest BCUT2D eigenvalue weighted by Gasteiger charge is 2.57. The quantitative estimate of drug-likeness (QED) is 0.575. The van der Waals surface area contributed by atoms with Gasteiger partial charge in [-0.1, -0.05) is 0 Å². The van der Waals surface area contributed by atoms with Crippen LogP contribution in [0.4, 0.5) is 0 Å². The fraction of sp³-hybridized carbons (Fsp3) is 0.750. The first-order valence-corrected chi connectivity index (χ1v) is 6.14. The monoisotopic (exact) mass is 270 g/mol. The molecule has 0 saturated carbocycles. The maximum absolute atomic E-state index is 10.4. The Labute approximate surface area is 111 Å². The van der Waals surface area contributed by atoms with Gasteiger partial charge in [0.2, 0.25) is 0 Å². The molecule has 7 heteroatoms. The smallest absolute Gasteiger partial charge is 0.160 e. The summed E-state index contributed by atoms with van der Waals surface area (Å²) in [5, 5.41) is 29.5. The summed E-state index contributed by atoms with van der Waals surface area (Å²) in [6.07, 6.45) is -2.04. The lowest BCUT2D eigenvalue weighted by molar-refractivity contribution is -0.267. The van der Waals surface area contributed by atoms with Gasteiger partial charge in [-0.2, -0.15) is 10.7 Å². The summed E-state index contributed by atoms with van der Waals surface area (Å²) in [5.74, 6) is 0. The number of aliphatic hydroxyl groups is 2. The van der Waals surface area contributed by atoms with E-state index in [1.54, 1.807) is 6.92 Å². The lowest BCUT2D eigenvalue weighted by Crippen LogP contribution is -2.69. The van der Waals surface area contributed by atoms with Gasteiger partial charge >= 0.3 is 0 Å². The van der Waals surface area contributed by atoms with E-state index in [0.29, 0.717) is 6.61 Å². The van der Waals surface area contributed by atoms with Crippen LogP contribution in [0.5, 0.6) is 0 Å². The Balaban J connectivity index is 2.40. The van der Waals surface area contributed by atoms with Gasteiger partial charge in [-0.05, 0) is 13.0 Å². The second-order valence-corrected chi connectivity index (χ2v) is 4.60. The van der Waals surface area contributed by atoms with Crippen molar-refractivity contribution in [3.05, 3.63) is 11.6 Å². The van der Waals surface area contributed by atoms with Crippen LogP contribution in [-0.4, -0.2) is 54.1 Å². The highest BCUT2D eigenvalue weighted by molar-refractivity contribution is 5.41. The maximum atomic E-state index is 10.4. The van der Waals surface area contributed by atoms with Crippen LogP contribution in [0.2, 0.25) is 0 Å². The number of nitrogens with zero attached hydrogens (tertiary/aromatic N) is 1. The number of hydroxylamine groups is 1. The predicted molar refractivity (Wildman–Crippen MR) is 63.5 cm³/mol. The number of hydrogen-bond donors (Lipinski definition) is 3. The molecular formula is C12H18N2O5. The first kappa shape index (κ1) is 14.4. The highest BCUT2D eigenvalue weighted by Crippen LogP contribution is 2.40. The zero-order valence-electron chi connectivity index (χ0n) is 10.9. The van der Waals surface area contributed by atoms with Gasteiger partial charge in [0.05, 0.1) is 18.2 Å². The van der Waals surface area contributed by atoms with Crippen LogP contribution in [-0.2, 0) is 14.3 Å². The molecule has 2 aliphatic rings. The number of nitrogens with one attached hydrogen (secondary N) is 1. The molecule has 0 amide bonds. The van der Waals surface area contributed by atoms with Gasteiger partial charge < -0.3 is 24.5 Å². The van der Waals surface area contributed by atoms with Crippen molar-refractivity contribution in [3.8, 4) is 6.07 Å². The molecule has 2 rings (SSSR count). The summed E-state index contributed by atoms with van der Waals surface area (Å²) >= 11 is 0. The van der Waals surface area contributed by atoms with Crippen molar-refractivity contribution in [1.29, 1.82) is 5.26 Å². The van der Waals surface area contributed by atoms with E-state index in [1.165, 1.54) is 13.2 Å². The molecule has 0 aromatic carbocycles. The van der Waals surface area contributed by atoms with Gasteiger partial charge in [-0.25, -0.2) is 0 Å². The fourth-order valence-electron chi connectivity index (χ4n) is 2.55. The molecule has 1 aliphatic carbocycles. The van der Waals surface area contributed by atoms with Crippen LogP contribution in [0.3, 0.4) is 0 Å². The van der Waals surface area contributed by atoms with Gasteiger partial charge in [-0.15, -0.1) is 0 Å². The van der Waals surface area contributed by atoms with Gasteiger partial charge in [-0.3, -0.25) is 0 Å². The number of nitriles is 1. The molecule has 5 unspecified atom stereocenters. The highest BCUT2D eigenvalue weighted by atomic mass is 16.7. The minimum atomic E-state index is -1.12. The summed E-state index contributed by atoms with van der Waals surface area (Å²) in [5.41, 5.74) is 1.85. The van der Waals surface area contributed by atoms with Crippen LogP contribution in [0.1, 0.15) is 13.3 Å². The molecule has 0 aromatic heterocycles. The third kappa shape index (κ3) is 2.27. The lowest BCUT2D eigenvalue weighted by Gasteiger charge is -2.50. The van der Waals surface area contributed by atoms with Crippen LogP contribution in [0.15, 0.2) is 11.6 Å². The van der Waals surface area contributed by atoms with Crippen molar-refractivity contribution in [2.24, 2.45) is 0 Å². The largest absolute Gasteiger partial charge is 0.388 e. The van der Waals surface area contributed by atoms with E-state index < -0.39 is 30.1 Å². The molecular weight excluding hydrogens is 252 g/mol. The van der Waals surface area contributed by atoms with E-state index in [2.05, 4.69) is 5.48 Å². The van der Waals surface area contributed by atoms with Crippen LogP contribution in [0.25, 0.3) is 0 Å². The molecule has 1 fully saturated rings. The van der Waals surface area contributed by atoms with Crippen molar-refractivity contribution in [3.63, 3.8) is 0 Å². The topological polar surface area (TPSA) is 104 Å². The molecule has 0 aromatic rings. The van der Waals surface area contributed by atoms with Crippen molar-refractivity contribution < 1.29 is 24.5 Å². The van der Waals surface area contributed by atoms with Crippen molar-refractivity contribution >= 4 is 0 Å². The molecule has 106 valence electrons. The summed E-state index contributed by atoms with van der Waals surface area (Å²) in [4.78, 5) is 5.19. The number of methoxy groups -OCH3 is 1. The first-order chi connectivity index (χ1) is 9.08. The van der Waals surface area contributed by atoms with Gasteiger partial charge in [0.1, 0.15) is 23.9 Å². The maximum Gasteiger partial charge on any atom is 0.160 e. The molecule has 19 heavy (non-hydrogen) atoms. The Morgan fingerprint density at radius 2 is 2.37 bits per heavy atom. The average Bonchev–Trinajstić information content (AvgIpc) is 2.42. The fourth-order valence-corrected chi connectivity index (χ4v) is 2.55. The molecule has 1 saturated heterocycles. The molecule has 2 bridgehead atoms. The third-order valence-electron chi connectivity index (χ3n) is 3.55. The zero-order valence-corrected chi connectivity index (χ0v) is 10.9. The summed E-state index contributed by atoms with van der Waals surface area (Å²) in [6, 6.07) is 2.00. The van der Waals surface area contributed by atoms with E-state index in [1.807, 2.05) is 6.07 Å². The van der Waals surface area contributed by atoms with E-state index >= 15 is 0 Å². The Bertz CT molecular complexity index is 407. The molecule has 3 N–H and O–H groups in total. The summed E-state index contributed by atoms with van der Waals surface area (Å²) in [7, 11) is 1.47. The number of aliphatic hydroxyl groups excluding tert-OH is 2. The number of ether oxygens (including phenoxy) is 2. The number of fused-ring (bicyclic) bond motifs is 2.